The van der Waals surface area contributed by atoms with Crippen molar-refractivity contribution in [2.45, 2.75) is 6.17 Å². The molecule has 0 saturated heterocycles. The molecule has 0 saturated carbocycles. The number of aromatic nitrogens is 1. The molecule has 48 heavy (non-hydrogen) atoms. The van der Waals surface area contributed by atoms with E-state index in [-0.39, 0.29) is 6.17 Å². The lowest BCUT2D eigenvalue weighted by molar-refractivity contribution is 0.668. The van der Waals surface area contributed by atoms with Gasteiger partial charge in [0.15, 0.2) is 5.84 Å². The van der Waals surface area contributed by atoms with Gasteiger partial charge in [0, 0.05) is 38.2 Å². The molecule has 2 aromatic heterocycles. The van der Waals surface area contributed by atoms with Crippen LogP contribution in [0, 0.1) is 0 Å². The molecule has 1 aliphatic rings. The van der Waals surface area contributed by atoms with E-state index in [0.29, 0.717) is 5.84 Å². The first kappa shape index (κ1) is 26.7. The fourth-order valence-corrected chi connectivity index (χ4v) is 7.27. The summed E-state index contributed by atoms with van der Waals surface area (Å²) < 4.78 is 8.84. The average molecular weight is 617 g/mol. The Kier molecular flexibility index (Phi) is 5.87. The Labute approximate surface area is 276 Å². The van der Waals surface area contributed by atoms with Gasteiger partial charge in [0.2, 0.25) is 0 Å². The highest BCUT2D eigenvalue weighted by molar-refractivity contribution is 6.18. The highest BCUT2D eigenvalue weighted by Gasteiger charge is 2.26. The lowest BCUT2D eigenvalue weighted by atomic mass is 10.0. The third-order valence-electron chi connectivity index (χ3n) is 9.46. The van der Waals surface area contributed by atoms with Crippen molar-refractivity contribution in [3.05, 3.63) is 174 Å². The van der Waals surface area contributed by atoms with Gasteiger partial charge in [-0.3, -0.25) is 0 Å². The molecule has 226 valence electrons. The van der Waals surface area contributed by atoms with Gasteiger partial charge in [0.1, 0.15) is 23.2 Å². The summed E-state index contributed by atoms with van der Waals surface area (Å²) in [7, 11) is 0. The van der Waals surface area contributed by atoms with E-state index in [2.05, 4.69) is 137 Å². The van der Waals surface area contributed by atoms with Crippen molar-refractivity contribution in [1.29, 1.82) is 0 Å². The molecule has 10 rings (SSSR count). The molecule has 1 aliphatic heterocycles. The summed E-state index contributed by atoms with van der Waals surface area (Å²) in [6.45, 7) is 0. The number of hydrogen-bond donors (Lipinski definition) is 1. The van der Waals surface area contributed by atoms with Crippen LogP contribution >= 0.6 is 0 Å². The number of nitrogens with zero attached hydrogens (tertiary/aromatic N) is 3. The third kappa shape index (κ3) is 4.11. The SMILES string of the molecule is c1ccc(C2=NC(c3cc4oc5ccccc5c4cc3-n3c4ccccc4c4ccccc43)=NC(c3cccc4ccccc34)N2)cc1. The highest BCUT2D eigenvalue weighted by atomic mass is 16.3. The van der Waals surface area contributed by atoms with Gasteiger partial charge >= 0.3 is 0 Å². The molecule has 3 heterocycles. The van der Waals surface area contributed by atoms with Crippen LogP contribution in [0.4, 0.5) is 0 Å². The predicted octanol–water partition coefficient (Wildman–Crippen LogP) is 10.3. The Morgan fingerprint density at radius 2 is 1.19 bits per heavy atom. The minimum Gasteiger partial charge on any atom is -0.456 e. The van der Waals surface area contributed by atoms with Crippen LogP contribution in [0.25, 0.3) is 60.2 Å². The van der Waals surface area contributed by atoms with Gasteiger partial charge in [-0.1, -0.05) is 127 Å². The van der Waals surface area contributed by atoms with Crippen molar-refractivity contribution in [3.8, 4) is 5.69 Å². The maximum absolute atomic E-state index is 6.48. The van der Waals surface area contributed by atoms with E-state index in [1.807, 2.05) is 30.3 Å². The predicted molar refractivity (Wildman–Crippen MR) is 197 cm³/mol. The molecular formula is C43H28N4O. The van der Waals surface area contributed by atoms with Gasteiger partial charge in [0.05, 0.1) is 16.7 Å². The van der Waals surface area contributed by atoms with E-state index < -0.39 is 0 Å². The zero-order valence-electron chi connectivity index (χ0n) is 25.8. The van der Waals surface area contributed by atoms with Crippen LogP contribution in [-0.4, -0.2) is 16.2 Å². The lowest BCUT2D eigenvalue weighted by Crippen LogP contribution is -2.33. The zero-order valence-corrected chi connectivity index (χ0v) is 25.8. The topological polar surface area (TPSA) is 54.8 Å². The molecule has 0 amide bonds. The second-order valence-corrected chi connectivity index (χ2v) is 12.2. The summed E-state index contributed by atoms with van der Waals surface area (Å²) in [6, 6.07) is 55.0. The fourth-order valence-electron chi connectivity index (χ4n) is 7.27. The van der Waals surface area contributed by atoms with Crippen molar-refractivity contribution in [2.24, 2.45) is 9.98 Å². The molecule has 0 bridgehead atoms. The van der Waals surface area contributed by atoms with Crippen molar-refractivity contribution in [2.75, 3.05) is 0 Å². The monoisotopic (exact) mass is 616 g/mol. The quantitative estimate of drug-likeness (QED) is 0.214. The molecule has 0 radical (unpaired) electrons. The summed E-state index contributed by atoms with van der Waals surface area (Å²) in [5, 5.41) is 10.5. The van der Waals surface area contributed by atoms with E-state index in [4.69, 9.17) is 14.4 Å². The molecule has 1 N–H and O–H groups in total. The molecule has 5 heteroatoms. The number of nitrogens with one attached hydrogen (secondary N) is 1. The van der Waals surface area contributed by atoms with E-state index in [1.165, 1.54) is 16.2 Å². The fraction of sp³-hybridized carbons (Fsp3) is 0.0233. The van der Waals surface area contributed by atoms with E-state index in [1.54, 1.807) is 0 Å². The Morgan fingerprint density at radius 1 is 0.542 bits per heavy atom. The van der Waals surface area contributed by atoms with Crippen LogP contribution < -0.4 is 5.32 Å². The largest absolute Gasteiger partial charge is 0.456 e. The summed E-state index contributed by atoms with van der Waals surface area (Å²) >= 11 is 0. The smallest absolute Gasteiger partial charge is 0.161 e. The number of rotatable bonds is 4. The zero-order chi connectivity index (χ0) is 31.6. The van der Waals surface area contributed by atoms with Gasteiger partial charge in [-0.25, -0.2) is 9.98 Å². The van der Waals surface area contributed by atoms with E-state index in [9.17, 15) is 0 Å². The number of para-hydroxylation sites is 3. The van der Waals surface area contributed by atoms with Crippen LogP contribution in [0.2, 0.25) is 0 Å². The number of aliphatic imine (C=N–C) groups is 2. The van der Waals surface area contributed by atoms with Crippen molar-refractivity contribution in [1.82, 2.24) is 9.88 Å². The standard InChI is InChI=1S/C43H28N4O/c1-2-14-28(15-3-1)41-44-42(33-21-12-16-27-13-4-5-17-29(27)33)46-43(45-41)35-26-40-34(32-20-8-11-24-39(32)48-40)25-38(35)47-36-22-9-6-18-30(36)31-19-7-10-23-37(31)47/h1-26,42H,(H,44,45,46). The summed E-state index contributed by atoms with van der Waals surface area (Å²) in [5.74, 6) is 1.42. The van der Waals surface area contributed by atoms with Crippen LogP contribution in [-0.2, 0) is 0 Å². The summed E-state index contributed by atoms with van der Waals surface area (Å²) in [6.07, 6.45) is -0.365. The number of fused-ring (bicyclic) bond motifs is 7. The summed E-state index contributed by atoms with van der Waals surface area (Å²) in [5.41, 5.74) is 7.89. The Hall–Kier alpha value is -6.46. The van der Waals surface area contributed by atoms with E-state index in [0.717, 1.165) is 66.6 Å². The first-order valence-electron chi connectivity index (χ1n) is 16.2. The molecule has 9 aromatic rings. The number of benzene rings is 7. The number of hydrogen-bond acceptors (Lipinski definition) is 4. The van der Waals surface area contributed by atoms with Crippen molar-refractivity contribution in [3.63, 3.8) is 0 Å². The van der Waals surface area contributed by atoms with Crippen LogP contribution in [0.3, 0.4) is 0 Å². The van der Waals surface area contributed by atoms with Gasteiger partial charge in [0.25, 0.3) is 0 Å². The van der Waals surface area contributed by atoms with E-state index >= 15 is 0 Å². The molecule has 0 spiro atoms. The maximum atomic E-state index is 6.48. The summed E-state index contributed by atoms with van der Waals surface area (Å²) in [4.78, 5) is 10.7. The van der Waals surface area contributed by atoms with Gasteiger partial charge < -0.3 is 14.3 Å². The Balaban J connectivity index is 1.30. The first-order chi connectivity index (χ1) is 23.8. The van der Waals surface area contributed by atoms with Crippen molar-refractivity contribution >= 4 is 66.2 Å². The Morgan fingerprint density at radius 3 is 1.98 bits per heavy atom. The maximum Gasteiger partial charge on any atom is 0.161 e. The normalized spacial score (nSPS) is 14.9. The van der Waals surface area contributed by atoms with Gasteiger partial charge in [-0.05, 0) is 41.1 Å². The molecule has 0 fully saturated rings. The van der Waals surface area contributed by atoms with Gasteiger partial charge in [-0.2, -0.15) is 0 Å². The molecule has 5 nitrogen and oxygen atoms in total. The number of furan rings is 1. The number of amidine groups is 2. The second kappa shape index (κ2) is 10.5. The highest BCUT2D eigenvalue weighted by Crippen LogP contribution is 2.38. The average Bonchev–Trinajstić information content (AvgIpc) is 3.69. The molecule has 7 aromatic carbocycles. The molecule has 1 atom stereocenters. The van der Waals surface area contributed by atoms with Crippen LogP contribution in [0.5, 0.6) is 0 Å². The van der Waals surface area contributed by atoms with Gasteiger partial charge in [-0.15, -0.1) is 0 Å². The minimum absolute atomic E-state index is 0.365. The molecule has 1 unspecified atom stereocenters. The Bertz CT molecular complexity index is 2710. The van der Waals surface area contributed by atoms with Crippen LogP contribution in [0.15, 0.2) is 172 Å². The molecular weight excluding hydrogens is 589 g/mol. The second-order valence-electron chi connectivity index (χ2n) is 12.2. The van der Waals surface area contributed by atoms with Crippen LogP contribution in [0.1, 0.15) is 22.9 Å². The van der Waals surface area contributed by atoms with Crippen molar-refractivity contribution < 1.29 is 4.42 Å². The lowest BCUT2D eigenvalue weighted by Gasteiger charge is -2.25. The third-order valence-corrected chi connectivity index (χ3v) is 9.46. The first-order valence-corrected chi connectivity index (χ1v) is 16.2. The minimum atomic E-state index is -0.365. The molecule has 0 aliphatic carbocycles.